The lowest BCUT2D eigenvalue weighted by Crippen LogP contribution is -2.30. The number of aliphatic hydroxyl groups is 1. The molecule has 1 aromatic rings. The maximum Gasteiger partial charge on any atom is 0.0785 e. The fraction of sp³-hybridized carbons (Fsp3) is 0.538. The first-order valence-corrected chi connectivity index (χ1v) is 6.75. The first kappa shape index (κ1) is 11.0. The van der Waals surface area contributed by atoms with Gasteiger partial charge in [0.25, 0.3) is 0 Å². The maximum atomic E-state index is 10.3. The van der Waals surface area contributed by atoms with E-state index < -0.39 is 5.60 Å². The number of thioether (sulfide) groups is 1. The molecule has 1 aliphatic heterocycles. The molecule has 0 saturated carbocycles. The van der Waals surface area contributed by atoms with Gasteiger partial charge in [0.15, 0.2) is 0 Å². The van der Waals surface area contributed by atoms with Crippen molar-refractivity contribution in [2.75, 3.05) is 11.5 Å². The van der Waals surface area contributed by atoms with Crippen LogP contribution in [0.3, 0.4) is 0 Å². The first-order chi connectivity index (χ1) is 7.22. The lowest BCUT2D eigenvalue weighted by Gasteiger charge is -2.21. The van der Waals surface area contributed by atoms with E-state index in [4.69, 9.17) is 0 Å². The van der Waals surface area contributed by atoms with Gasteiger partial charge in [0, 0.05) is 12.2 Å². The summed E-state index contributed by atoms with van der Waals surface area (Å²) in [7, 11) is 0. The quantitative estimate of drug-likeness (QED) is 0.848. The lowest BCUT2D eigenvalue weighted by molar-refractivity contribution is 0.0686. The summed E-state index contributed by atoms with van der Waals surface area (Å²) in [6.45, 7) is 2.16. The second kappa shape index (κ2) is 4.58. The van der Waals surface area contributed by atoms with Gasteiger partial charge < -0.3 is 5.11 Å². The predicted octanol–water partition coefficient (Wildman–Crippen LogP) is 2.66. The zero-order valence-electron chi connectivity index (χ0n) is 9.20. The van der Waals surface area contributed by atoms with Crippen molar-refractivity contribution in [3.63, 3.8) is 0 Å². The topological polar surface area (TPSA) is 20.2 Å². The van der Waals surface area contributed by atoms with Gasteiger partial charge in [0.1, 0.15) is 0 Å². The third kappa shape index (κ3) is 2.76. The summed E-state index contributed by atoms with van der Waals surface area (Å²) in [5.41, 5.74) is 2.18. The zero-order chi connectivity index (χ0) is 10.7. The van der Waals surface area contributed by atoms with Crippen LogP contribution in [0.4, 0.5) is 0 Å². The van der Waals surface area contributed by atoms with Crippen LogP contribution in [-0.4, -0.2) is 22.2 Å². The van der Waals surface area contributed by atoms with E-state index in [1.165, 1.54) is 11.1 Å². The van der Waals surface area contributed by atoms with Gasteiger partial charge >= 0.3 is 0 Å². The van der Waals surface area contributed by atoms with Crippen LogP contribution < -0.4 is 0 Å². The van der Waals surface area contributed by atoms with Crippen molar-refractivity contribution in [3.8, 4) is 0 Å². The predicted molar refractivity (Wildman–Crippen MR) is 66.4 cm³/mol. The Morgan fingerprint density at radius 1 is 1.27 bits per heavy atom. The van der Waals surface area contributed by atoms with Crippen molar-refractivity contribution in [3.05, 3.63) is 35.4 Å². The van der Waals surface area contributed by atoms with Crippen molar-refractivity contribution >= 4 is 11.8 Å². The summed E-state index contributed by atoms with van der Waals surface area (Å²) >= 11 is 1.86. The van der Waals surface area contributed by atoms with Crippen LogP contribution >= 0.6 is 11.8 Å². The second-order valence-electron chi connectivity index (χ2n) is 4.37. The zero-order valence-corrected chi connectivity index (χ0v) is 10.0. The molecule has 1 aromatic carbocycles. The molecule has 2 heteroatoms. The minimum absolute atomic E-state index is 0.446. The monoisotopic (exact) mass is 222 g/mol. The van der Waals surface area contributed by atoms with Gasteiger partial charge in [-0.05, 0) is 29.7 Å². The van der Waals surface area contributed by atoms with E-state index >= 15 is 0 Å². The molecule has 1 unspecified atom stereocenters. The lowest BCUT2D eigenvalue weighted by atomic mass is 9.93. The van der Waals surface area contributed by atoms with E-state index in [9.17, 15) is 5.11 Å². The average Bonchev–Trinajstić information content (AvgIpc) is 2.66. The summed E-state index contributed by atoms with van der Waals surface area (Å²) in [4.78, 5) is 0. The number of hydrogen-bond donors (Lipinski definition) is 1. The molecule has 1 saturated heterocycles. The highest BCUT2D eigenvalue weighted by molar-refractivity contribution is 7.99. The molecule has 82 valence electrons. The van der Waals surface area contributed by atoms with E-state index in [0.29, 0.717) is 0 Å². The molecule has 2 rings (SSSR count). The number of benzene rings is 1. The van der Waals surface area contributed by atoms with Gasteiger partial charge in [-0.1, -0.05) is 31.2 Å². The van der Waals surface area contributed by atoms with Crippen molar-refractivity contribution in [1.29, 1.82) is 0 Å². The molecule has 1 N–H and O–H groups in total. The Bertz CT molecular complexity index is 312. The summed E-state index contributed by atoms with van der Waals surface area (Å²) in [5, 5.41) is 10.3. The molecule has 0 aliphatic carbocycles. The largest absolute Gasteiger partial charge is 0.389 e. The van der Waals surface area contributed by atoms with Gasteiger partial charge in [0.2, 0.25) is 0 Å². The smallest absolute Gasteiger partial charge is 0.0785 e. The number of rotatable bonds is 3. The molecular weight excluding hydrogens is 204 g/mol. The molecule has 1 atom stereocenters. The minimum Gasteiger partial charge on any atom is -0.389 e. The van der Waals surface area contributed by atoms with Crippen LogP contribution in [0.2, 0.25) is 0 Å². The van der Waals surface area contributed by atoms with Gasteiger partial charge in [-0.25, -0.2) is 0 Å². The normalized spacial score (nSPS) is 25.7. The third-order valence-electron chi connectivity index (χ3n) is 3.05. The van der Waals surface area contributed by atoms with Crippen LogP contribution in [0.15, 0.2) is 24.3 Å². The Labute approximate surface area is 95.9 Å². The summed E-state index contributed by atoms with van der Waals surface area (Å²) in [5.74, 6) is 1.99. The minimum atomic E-state index is -0.446. The fourth-order valence-electron chi connectivity index (χ4n) is 2.01. The van der Waals surface area contributed by atoms with E-state index in [1.807, 2.05) is 11.8 Å². The molecule has 0 spiro atoms. The molecular formula is C13H18OS. The first-order valence-electron chi connectivity index (χ1n) is 5.60. The highest BCUT2D eigenvalue weighted by atomic mass is 32.2. The molecule has 1 fully saturated rings. The SMILES string of the molecule is CCc1ccc(CC2(O)CCSC2)cc1. The van der Waals surface area contributed by atoms with Crippen molar-refractivity contribution in [1.82, 2.24) is 0 Å². The molecule has 0 amide bonds. The molecule has 1 aliphatic rings. The molecule has 15 heavy (non-hydrogen) atoms. The number of aryl methyl sites for hydroxylation is 1. The summed E-state index contributed by atoms with van der Waals surface area (Å²) in [6, 6.07) is 8.64. The van der Waals surface area contributed by atoms with Crippen molar-refractivity contribution < 1.29 is 5.11 Å². The maximum absolute atomic E-state index is 10.3. The van der Waals surface area contributed by atoms with Gasteiger partial charge in [-0.2, -0.15) is 11.8 Å². The highest BCUT2D eigenvalue weighted by Crippen LogP contribution is 2.30. The molecule has 0 bridgehead atoms. The average molecular weight is 222 g/mol. The van der Waals surface area contributed by atoms with Crippen LogP contribution in [0.25, 0.3) is 0 Å². The molecule has 0 aromatic heterocycles. The number of hydrogen-bond acceptors (Lipinski definition) is 2. The Hall–Kier alpha value is -0.470. The second-order valence-corrected chi connectivity index (χ2v) is 5.48. The van der Waals surface area contributed by atoms with Crippen molar-refractivity contribution in [2.45, 2.75) is 31.8 Å². The van der Waals surface area contributed by atoms with E-state index in [0.717, 1.165) is 30.8 Å². The van der Waals surface area contributed by atoms with Crippen LogP contribution in [0, 0.1) is 0 Å². The molecule has 1 heterocycles. The Morgan fingerprint density at radius 2 is 1.93 bits per heavy atom. The summed E-state index contributed by atoms with van der Waals surface area (Å²) < 4.78 is 0. The summed E-state index contributed by atoms with van der Waals surface area (Å²) in [6.07, 6.45) is 2.83. The molecule has 0 radical (unpaired) electrons. The fourth-order valence-corrected chi connectivity index (χ4v) is 3.30. The third-order valence-corrected chi connectivity index (χ3v) is 4.28. The molecule has 1 nitrogen and oxygen atoms in total. The van der Waals surface area contributed by atoms with Crippen molar-refractivity contribution in [2.24, 2.45) is 0 Å². The highest BCUT2D eigenvalue weighted by Gasteiger charge is 2.31. The Kier molecular flexibility index (Phi) is 3.37. The van der Waals surface area contributed by atoms with E-state index in [-0.39, 0.29) is 0 Å². The standard InChI is InChI=1S/C13H18OS/c1-2-11-3-5-12(6-4-11)9-13(14)7-8-15-10-13/h3-6,14H,2,7-10H2,1H3. The van der Waals surface area contributed by atoms with Crippen LogP contribution in [0.5, 0.6) is 0 Å². The van der Waals surface area contributed by atoms with Gasteiger partial charge in [0.05, 0.1) is 5.60 Å². The van der Waals surface area contributed by atoms with E-state index in [2.05, 4.69) is 31.2 Å². The van der Waals surface area contributed by atoms with Crippen LogP contribution in [0.1, 0.15) is 24.5 Å². The van der Waals surface area contributed by atoms with Gasteiger partial charge in [-0.15, -0.1) is 0 Å². The Morgan fingerprint density at radius 3 is 2.47 bits per heavy atom. The Balaban J connectivity index is 2.04. The van der Waals surface area contributed by atoms with Gasteiger partial charge in [-0.3, -0.25) is 0 Å². The van der Waals surface area contributed by atoms with E-state index in [1.54, 1.807) is 0 Å². The van der Waals surface area contributed by atoms with Crippen LogP contribution in [-0.2, 0) is 12.8 Å².